The monoisotopic (exact) mass is 460 g/mol. The van der Waals surface area contributed by atoms with Crippen molar-refractivity contribution in [3.63, 3.8) is 0 Å². The van der Waals surface area contributed by atoms with Crippen molar-refractivity contribution in [3.05, 3.63) is 35.4 Å². The molecular weight excluding hydrogens is 423 g/mol. The Labute approximate surface area is 172 Å². The summed E-state index contributed by atoms with van der Waals surface area (Å²) in [6.07, 6.45) is 6.46. The molecule has 0 heterocycles. The fourth-order valence-corrected chi connectivity index (χ4v) is 2.79. The first-order valence-electron chi connectivity index (χ1n) is 9.15. The third-order valence-electron chi connectivity index (χ3n) is 4.31. The molecule has 25 heavy (non-hydrogen) atoms. The van der Waals surface area contributed by atoms with E-state index in [-0.39, 0.29) is 24.0 Å². The van der Waals surface area contributed by atoms with Crippen LogP contribution in [0.3, 0.4) is 0 Å². The summed E-state index contributed by atoms with van der Waals surface area (Å²) in [7, 11) is 8.24. The van der Waals surface area contributed by atoms with E-state index in [9.17, 15) is 0 Å². The summed E-state index contributed by atoms with van der Waals surface area (Å²) in [4.78, 5) is 8.86. The molecule has 0 aliphatic heterocycles. The van der Waals surface area contributed by atoms with E-state index in [1.165, 1.54) is 49.8 Å². The van der Waals surface area contributed by atoms with Gasteiger partial charge < -0.3 is 15.1 Å². The van der Waals surface area contributed by atoms with Gasteiger partial charge in [0.05, 0.1) is 0 Å². The summed E-state index contributed by atoms with van der Waals surface area (Å²) in [6.45, 7) is 5.25. The number of aryl methyl sites for hydroxylation is 1. The van der Waals surface area contributed by atoms with Gasteiger partial charge >= 0.3 is 0 Å². The second-order valence-corrected chi connectivity index (χ2v) is 6.83. The lowest BCUT2D eigenvalue weighted by molar-refractivity contribution is 0.389. The minimum atomic E-state index is 0. The number of hydrogen-bond donors (Lipinski definition) is 1. The summed E-state index contributed by atoms with van der Waals surface area (Å²) >= 11 is 0. The van der Waals surface area contributed by atoms with Crippen LogP contribution in [0.4, 0.5) is 0 Å². The van der Waals surface area contributed by atoms with Crippen LogP contribution in [0.5, 0.6) is 0 Å². The molecular formula is C20H37IN4. The van der Waals surface area contributed by atoms with E-state index in [0.717, 1.165) is 19.0 Å². The van der Waals surface area contributed by atoms with E-state index in [1.807, 2.05) is 7.05 Å². The summed E-state index contributed by atoms with van der Waals surface area (Å²) in [5.41, 5.74) is 2.68. The lowest BCUT2D eigenvalue weighted by Gasteiger charge is -2.23. The van der Waals surface area contributed by atoms with Crippen LogP contribution >= 0.6 is 24.0 Å². The van der Waals surface area contributed by atoms with Crippen molar-refractivity contribution in [2.45, 2.75) is 45.6 Å². The molecule has 0 fully saturated rings. The SMILES string of the molecule is CN=C(NCCCCCCCN(C)C)N(C)Cc1ccccc1C.I. The van der Waals surface area contributed by atoms with Gasteiger partial charge in [-0.05, 0) is 51.5 Å². The first-order chi connectivity index (χ1) is 11.5. The summed E-state index contributed by atoms with van der Waals surface area (Å²) in [6, 6.07) is 8.54. The molecule has 1 rings (SSSR count). The van der Waals surface area contributed by atoms with Gasteiger partial charge in [0.25, 0.3) is 0 Å². The predicted molar refractivity (Wildman–Crippen MR) is 121 cm³/mol. The predicted octanol–water partition coefficient (Wildman–Crippen LogP) is 4.13. The highest BCUT2D eigenvalue weighted by Gasteiger charge is 2.07. The number of aliphatic imine (C=N–C) groups is 1. The second-order valence-electron chi connectivity index (χ2n) is 6.83. The topological polar surface area (TPSA) is 30.9 Å². The van der Waals surface area contributed by atoms with E-state index in [1.54, 1.807) is 0 Å². The molecule has 0 aliphatic carbocycles. The highest BCUT2D eigenvalue weighted by atomic mass is 127. The smallest absolute Gasteiger partial charge is 0.193 e. The van der Waals surface area contributed by atoms with Gasteiger partial charge in [0.2, 0.25) is 0 Å². The molecule has 0 saturated heterocycles. The standard InChI is InChI=1S/C20H36N4.HI/c1-18-13-9-10-14-19(18)17-24(5)20(21-2)22-15-11-7-6-8-12-16-23(3)4;/h9-10,13-14H,6-8,11-12,15-17H2,1-5H3,(H,21,22);1H. The van der Waals surface area contributed by atoms with Gasteiger partial charge in [0, 0.05) is 27.2 Å². The van der Waals surface area contributed by atoms with Gasteiger partial charge in [-0.1, -0.05) is 43.5 Å². The molecule has 0 spiro atoms. The molecule has 0 unspecified atom stereocenters. The molecule has 0 saturated carbocycles. The van der Waals surface area contributed by atoms with Gasteiger partial charge in [-0.15, -0.1) is 24.0 Å². The zero-order chi connectivity index (χ0) is 17.8. The zero-order valence-electron chi connectivity index (χ0n) is 16.7. The Kier molecular flexibility index (Phi) is 13.9. The fourth-order valence-electron chi connectivity index (χ4n) is 2.79. The number of guanidine groups is 1. The van der Waals surface area contributed by atoms with Crippen LogP contribution in [0.15, 0.2) is 29.3 Å². The number of benzene rings is 1. The molecule has 0 bridgehead atoms. The quantitative estimate of drug-likeness (QED) is 0.247. The molecule has 0 aromatic heterocycles. The Morgan fingerprint density at radius 2 is 1.64 bits per heavy atom. The van der Waals surface area contributed by atoms with Crippen molar-refractivity contribution in [1.29, 1.82) is 0 Å². The number of nitrogens with one attached hydrogen (secondary N) is 1. The summed E-state index contributed by atoms with van der Waals surface area (Å²) in [5.74, 6) is 0.978. The van der Waals surface area contributed by atoms with Gasteiger partial charge in [0.1, 0.15) is 0 Å². The van der Waals surface area contributed by atoms with Crippen LogP contribution in [0.2, 0.25) is 0 Å². The maximum atomic E-state index is 4.41. The molecule has 0 amide bonds. The van der Waals surface area contributed by atoms with E-state index >= 15 is 0 Å². The lowest BCUT2D eigenvalue weighted by Crippen LogP contribution is -2.39. The van der Waals surface area contributed by atoms with Gasteiger partial charge in [-0.2, -0.15) is 0 Å². The number of rotatable bonds is 10. The second kappa shape index (κ2) is 14.4. The van der Waals surface area contributed by atoms with Crippen LogP contribution < -0.4 is 5.32 Å². The minimum absolute atomic E-state index is 0. The van der Waals surface area contributed by atoms with Crippen molar-refractivity contribution < 1.29 is 0 Å². The molecule has 1 N–H and O–H groups in total. The van der Waals surface area contributed by atoms with Gasteiger partial charge in [-0.25, -0.2) is 0 Å². The van der Waals surface area contributed by atoms with Crippen LogP contribution in [-0.2, 0) is 6.54 Å². The van der Waals surface area contributed by atoms with Crippen molar-refractivity contribution in [2.24, 2.45) is 4.99 Å². The largest absolute Gasteiger partial charge is 0.356 e. The van der Waals surface area contributed by atoms with Crippen molar-refractivity contribution in [3.8, 4) is 0 Å². The van der Waals surface area contributed by atoms with Gasteiger partial charge in [0.15, 0.2) is 5.96 Å². The molecule has 0 aliphatic rings. The Morgan fingerprint density at radius 1 is 1.00 bits per heavy atom. The summed E-state index contributed by atoms with van der Waals surface area (Å²) in [5, 5.41) is 3.49. The van der Waals surface area contributed by atoms with Crippen LogP contribution in [0.25, 0.3) is 0 Å². The highest BCUT2D eigenvalue weighted by molar-refractivity contribution is 14.0. The Bertz CT molecular complexity index is 488. The van der Waals surface area contributed by atoms with Crippen molar-refractivity contribution in [2.75, 3.05) is 41.3 Å². The Morgan fingerprint density at radius 3 is 2.28 bits per heavy atom. The van der Waals surface area contributed by atoms with E-state index in [2.05, 4.69) is 72.4 Å². The number of nitrogens with zero attached hydrogens (tertiary/aromatic N) is 3. The Balaban J connectivity index is 0.00000576. The lowest BCUT2D eigenvalue weighted by atomic mass is 10.1. The normalized spacial score (nSPS) is 11.4. The van der Waals surface area contributed by atoms with E-state index in [4.69, 9.17) is 0 Å². The fraction of sp³-hybridized carbons (Fsp3) is 0.650. The molecule has 1 aromatic carbocycles. The average Bonchev–Trinajstić information content (AvgIpc) is 2.55. The molecule has 4 nitrogen and oxygen atoms in total. The van der Waals surface area contributed by atoms with Gasteiger partial charge in [-0.3, -0.25) is 4.99 Å². The maximum Gasteiger partial charge on any atom is 0.193 e. The number of unbranched alkanes of at least 4 members (excludes halogenated alkanes) is 4. The van der Waals surface area contributed by atoms with Crippen molar-refractivity contribution >= 4 is 29.9 Å². The number of hydrogen-bond acceptors (Lipinski definition) is 2. The molecule has 0 atom stereocenters. The minimum Gasteiger partial charge on any atom is -0.356 e. The van der Waals surface area contributed by atoms with E-state index in [0.29, 0.717) is 0 Å². The molecule has 1 aromatic rings. The van der Waals surface area contributed by atoms with Crippen molar-refractivity contribution in [1.82, 2.24) is 15.1 Å². The maximum absolute atomic E-state index is 4.41. The van der Waals surface area contributed by atoms with Crippen LogP contribution in [0, 0.1) is 6.92 Å². The summed E-state index contributed by atoms with van der Waals surface area (Å²) < 4.78 is 0. The average molecular weight is 460 g/mol. The third kappa shape index (κ3) is 10.7. The van der Waals surface area contributed by atoms with E-state index < -0.39 is 0 Å². The first-order valence-corrected chi connectivity index (χ1v) is 9.15. The van der Waals surface area contributed by atoms with Crippen LogP contribution in [0.1, 0.15) is 43.2 Å². The molecule has 0 radical (unpaired) electrons. The van der Waals surface area contributed by atoms with Crippen LogP contribution in [-0.4, -0.2) is 57.0 Å². The number of halogens is 1. The first kappa shape index (κ1) is 24.2. The zero-order valence-corrected chi connectivity index (χ0v) is 19.0. The molecule has 5 heteroatoms. The molecule has 144 valence electrons. The third-order valence-corrected chi connectivity index (χ3v) is 4.31. The Hall–Kier alpha value is -0.820. The highest BCUT2D eigenvalue weighted by Crippen LogP contribution is 2.09.